The molecule has 0 aromatic heterocycles. The summed E-state index contributed by atoms with van der Waals surface area (Å²) in [6.45, 7) is 8.39. The molecule has 162 valence electrons. The Labute approximate surface area is 162 Å². The van der Waals surface area contributed by atoms with Gasteiger partial charge in [-0.1, -0.05) is 13.2 Å². The highest BCUT2D eigenvalue weighted by molar-refractivity contribution is 7.52. The first-order valence-corrected chi connectivity index (χ1v) is 11.6. The van der Waals surface area contributed by atoms with E-state index < -0.39 is 58.1 Å². The summed E-state index contributed by atoms with van der Waals surface area (Å²) >= 11 is 0. The van der Waals surface area contributed by atoms with E-state index >= 15 is 0 Å². The predicted molar refractivity (Wildman–Crippen MR) is 98.6 cm³/mol. The second-order valence-electron chi connectivity index (χ2n) is 6.27. The average Bonchev–Trinajstić information content (AvgIpc) is 2.49. The molecule has 11 nitrogen and oxygen atoms in total. The lowest BCUT2D eigenvalue weighted by Crippen LogP contribution is -2.32. The molecule has 0 aliphatic carbocycles. The van der Waals surface area contributed by atoms with Crippen LogP contribution in [0.5, 0.6) is 0 Å². The largest absolute Gasteiger partial charge is 0.459 e. The zero-order chi connectivity index (χ0) is 22.1. The molecule has 0 spiro atoms. The molecule has 0 fully saturated rings. The van der Waals surface area contributed by atoms with Gasteiger partial charge in [-0.2, -0.15) is 0 Å². The molecule has 0 atom stereocenters. The topological polar surface area (TPSA) is 177 Å². The van der Waals surface area contributed by atoms with Crippen LogP contribution in [0.25, 0.3) is 0 Å². The molecule has 0 aromatic rings. The summed E-state index contributed by atoms with van der Waals surface area (Å²) in [5.74, 6) is -2.65. The number of ether oxygens (including phenoxy) is 3. The van der Waals surface area contributed by atoms with Gasteiger partial charge in [-0.25, -0.2) is 9.59 Å². The highest BCUT2D eigenvalue weighted by Gasteiger charge is 2.29. The van der Waals surface area contributed by atoms with Crippen molar-refractivity contribution in [1.82, 2.24) is 0 Å². The molecular formula is C15H26O11P2. The molecule has 0 radical (unpaired) electrons. The van der Waals surface area contributed by atoms with Crippen molar-refractivity contribution in [3.05, 3.63) is 24.3 Å². The molecule has 13 heteroatoms. The Morgan fingerprint density at radius 3 is 1.46 bits per heavy atom. The summed E-state index contributed by atoms with van der Waals surface area (Å²) < 4.78 is 37.5. The van der Waals surface area contributed by atoms with Crippen molar-refractivity contribution in [1.29, 1.82) is 0 Å². The van der Waals surface area contributed by atoms with Crippen LogP contribution in [-0.4, -0.2) is 69.8 Å². The van der Waals surface area contributed by atoms with E-state index in [0.29, 0.717) is 0 Å². The van der Waals surface area contributed by atoms with Gasteiger partial charge < -0.3 is 33.8 Å². The second-order valence-corrected chi connectivity index (χ2v) is 9.66. The summed E-state index contributed by atoms with van der Waals surface area (Å²) in [6, 6.07) is 0. The van der Waals surface area contributed by atoms with Gasteiger partial charge in [-0.3, -0.25) is 9.13 Å². The van der Waals surface area contributed by atoms with Crippen molar-refractivity contribution >= 4 is 27.1 Å². The smallest absolute Gasteiger partial charge is 0.333 e. The molecule has 28 heavy (non-hydrogen) atoms. The quantitative estimate of drug-likeness (QED) is 0.177. The summed E-state index contributed by atoms with van der Waals surface area (Å²) in [7, 11) is -9.15. The maximum Gasteiger partial charge on any atom is 0.333 e. The standard InChI is InChI=1S/C15H26O11P2/c1-10(2)14(16)25-6-13(7-26-15(17)11(3)4)24-5-12(8-27(18,19)20)9-28(21,22)23/h12-13H,1,3,5-9H2,2,4H3,(H2,18,19,20)(H2,21,22,23). The van der Waals surface area contributed by atoms with Crippen LogP contribution in [0, 0.1) is 5.92 Å². The third-order valence-corrected chi connectivity index (χ3v) is 5.04. The first-order chi connectivity index (χ1) is 12.6. The lowest BCUT2D eigenvalue weighted by molar-refractivity contribution is -0.150. The average molecular weight is 444 g/mol. The van der Waals surface area contributed by atoms with E-state index in [9.17, 15) is 18.7 Å². The van der Waals surface area contributed by atoms with Crippen molar-refractivity contribution in [2.45, 2.75) is 20.0 Å². The van der Waals surface area contributed by atoms with Crippen LogP contribution in [0.2, 0.25) is 0 Å². The van der Waals surface area contributed by atoms with Gasteiger partial charge in [0.2, 0.25) is 0 Å². The van der Waals surface area contributed by atoms with E-state index in [1.807, 2.05) is 0 Å². The van der Waals surface area contributed by atoms with E-state index in [2.05, 4.69) is 13.2 Å². The third kappa shape index (κ3) is 13.8. The molecule has 0 amide bonds. The van der Waals surface area contributed by atoms with Crippen LogP contribution in [0.1, 0.15) is 13.8 Å². The second kappa shape index (κ2) is 11.6. The number of carbonyl (C=O) groups excluding carboxylic acids is 2. The molecule has 0 saturated heterocycles. The van der Waals surface area contributed by atoms with Crippen molar-refractivity contribution in [3.8, 4) is 0 Å². The number of rotatable bonds is 13. The Bertz CT molecular complexity index is 621. The van der Waals surface area contributed by atoms with Gasteiger partial charge in [-0.15, -0.1) is 0 Å². The maximum absolute atomic E-state index is 11.5. The summed E-state index contributed by atoms with van der Waals surface area (Å²) in [6.07, 6.45) is -2.67. The molecule has 0 aliphatic rings. The van der Waals surface area contributed by atoms with E-state index in [4.69, 9.17) is 33.8 Å². The maximum atomic E-state index is 11.5. The number of hydrogen-bond donors (Lipinski definition) is 4. The molecule has 0 heterocycles. The molecule has 0 aliphatic heterocycles. The van der Waals surface area contributed by atoms with E-state index in [1.54, 1.807) is 0 Å². The van der Waals surface area contributed by atoms with Crippen molar-refractivity contribution in [3.63, 3.8) is 0 Å². The Morgan fingerprint density at radius 2 is 1.18 bits per heavy atom. The van der Waals surface area contributed by atoms with Crippen molar-refractivity contribution < 1.29 is 52.5 Å². The van der Waals surface area contributed by atoms with E-state index in [1.165, 1.54) is 13.8 Å². The van der Waals surface area contributed by atoms with E-state index in [-0.39, 0.29) is 24.4 Å². The highest BCUT2D eigenvalue weighted by Crippen LogP contribution is 2.43. The molecule has 0 aromatic carbocycles. The third-order valence-electron chi connectivity index (χ3n) is 3.06. The van der Waals surface area contributed by atoms with Gasteiger partial charge in [0, 0.05) is 17.1 Å². The number of carbonyl (C=O) groups is 2. The fraction of sp³-hybridized carbons (Fsp3) is 0.600. The minimum absolute atomic E-state index is 0.110. The normalized spacial score (nSPS) is 12.1. The fourth-order valence-electron chi connectivity index (χ4n) is 1.84. The van der Waals surface area contributed by atoms with Gasteiger partial charge in [0.05, 0.1) is 18.9 Å². The lowest BCUT2D eigenvalue weighted by atomic mass is 10.2. The summed E-state index contributed by atoms with van der Waals surface area (Å²) in [5, 5.41) is 0. The predicted octanol–water partition coefficient (Wildman–Crippen LogP) is 0.582. The van der Waals surface area contributed by atoms with E-state index in [0.717, 1.165) is 0 Å². The number of esters is 2. The Kier molecular flexibility index (Phi) is 11.1. The zero-order valence-corrected chi connectivity index (χ0v) is 17.4. The minimum atomic E-state index is -4.57. The Hall–Kier alpha value is -1.32. The SMILES string of the molecule is C=C(C)C(=O)OCC(COC(=O)C(=C)C)OCC(CP(=O)(O)O)CP(=O)(O)O. The van der Waals surface area contributed by atoms with Gasteiger partial charge in [-0.05, 0) is 13.8 Å². The van der Waals surface area contributed by atoms with Gasteiger partial charge >= 0.3 is 27.1 Å². The molecule has 0 unspecified atom stereocenters. The number of hydrogen-bond acceptors (Lipinski definition) is 7. The van der Waals surface area contributed by atoms with Gasteiger partial charge in [0.15, 0.2) is 0 Å². The van der Waals surface area contributed by atoms with Crippen LogP contribution < -0.4 is 0 Å². The fourth-order valence-corrected chi connectivity index (χ4v) is 3.85. The van der Waals surface area contributed by atoms with Crippen molar-refractivity contribution in [2.75, 3.05) is 32.1 Å². The van der Waals surface area contributed by atoms with Crippen LogP contribution >= 0.6 is 15.2 Å². The molecule has 0 saturated carbocycles. The van der Waals surface area contributed by atoms with Crippen LogP contribution in [0.3, 0.4) is 0 Å². The van der Waals surface area contributed by atoms with Crippen molar-refractivity contribution in [2.24, 2.45) is 5.92 Å². The van der Waals surface area contributed by atoms with Gasteiger partial charge in [0.1, 0.15) is 19.3 Å². The molecular weight excluding hydrogens is 418 g/mol. The summed E-state index contributed by atoms with van der Waals surface area (Å²) in [4.78, 5) is 59.3. The monoisotopic (exact) mass is 444 g/mol. The summed E-state index contributed by atoms with van der Waals surface area (Å²) in [5.41, 5.74) is 0.220. The first-order valence-electron chi connectivity index (χ1n) is 7.96. The molecule has 0 bridgehead atoms. The minimum Gasteiger partial charge on any atom is -0.459 e. The van der Waals surface area contributed by atoms with Crippen LogP contribution in [0.4, 0.5) is 0 Å². The lowest BCUT2D eigenvalue weighted by Gasteiger charge is -2.23. The van der Waals surface area contributed by atoms with Crippen LogP contribution in [0.15, 0.2) is 24.3 Å². The molecule has 4 N–H and O–H groups in total. The Morgan fingerprint density at radius 1 is 0.821 bits per heavy atom. The highest BCUT2D eigenvalue weighted by atomic mass is 31.2. The zero-order valence-electron chi connectivity index (χ0n) is 15.6. The van der Waals surface area contributed by atoms with Gasteiger partial charge in [0.25, 0.3) is 0 Å². The first kappa shape index (κ1) is 26.7. The Balaban J connectivity index is 5.06. The van der Waals surface area contributed by atoms with Crippen LogP contribution in [-0.2, 0) is 32.9 Å². The molecule has 0 rings (SSSR count).